The number of hydrogen-bond donors (Lipinski definition) is 0. The maximum absolute atomic E-state index is 14.2. The highest BCUT2D eigenvalue weighted by molar-refractivity contribution is 7.91. The molecule has 1 aromatic carbocycles. The first-order chi connectivity index (χ1) is 20.7. The van der Waals surface area contributed by atoms with E-state index in [1.165, 1.54) is 21.3 Å². The van der Waals surface area contributed by atoms with E-state index in [2.05, 4.69) is 25.1 Å². The minimum Gasteiger partial charge on any atom is -0.494 e. The Kier molecular flexibility index (Phi) is 8.89. The molecule has 1 aliphatic rings. The lowest BCUT2D eigenvalue weighted by Gasteiger charge is -2.44. The molecule has 0 N–H and O–H groups in total. The van der Waals surface area contributed by atoms with Crippen LogP contribution in [-0.2, 0) is 20.3 Å². The number of methoxy groups -OCH3 is 4. The molecule has 0 amide bonds. The quantitative estimate of drug-likeness (QED) is 0.233. The summed E-state index contributed by atoms with van der Waals surface area (Å²) < 4.78 is 52.2. The van der Waals surface area contributed by atoms with E-state index in [1.807, 2.05) is 11.8 Å². The molecule has 4 heterocycles. The summed E-state index contributed by atoms with van der Waals surface area (Å²) in [5.41, 5.74) is 1.75. The number of benzene rings is 1. The molecule has 3 aromatic heterocycles. The van der Waals surface area contributed by atoms with Crippen LogP contribution in [0.3, 0.4) is 0 Å². The molecule has 0 saturated carbocycles. The van der Waals surface area contributed by atoms with E-state index in [4.69, 9.17) is 18.9 Å². The van der Waals surface area contributed by atoms with Crippen molar-refractivity contribution >= 4 is 9.84 Å². The van der Waals surface area contributed by atoms with Crippen molar-refractivity contribution < 1.29 is 27.4 Å². The Labute approximate surface area is 250 Å². The fourth-order valence-electron chi connectivity index (χ4n) is 5.10. The number of nitrogens with zero attached hydrogens (tertiary/aromatic N) is 7. The van der Waals surface area contributed by atoms with Crippen LogP contribution in [-0.4, -0.2) is 95.9 Å². The number of rotatable bonds is 12. The predicted molar refractivity (Wildman–Crippen MR) is 158 cm³/mol. The predicted octanol–water partition coefficient (Wildman–Crippen LogP) is 2.83. The third-order valence-electron chi connectivity index (χ3n) is 7.53. The Morgan fingerprint density at radius 3 is 2.19 bits per heavy atom. The van der Waals surface area contributed by atoms with Crippen molar-refractivity contribution in [3.8, 4) is 34.6 Å². The molecule has 228 valence electrons. The van der Waals surface area contributed by atoms with Gasteiger partial charge in [-0.1, -0.05) is 12.1 Å². The normalized spacial score (nSPS) is 15.5. The zero-order valence-electron chi connectivity index (χ0n) is 25.0. The molecular weight excluding hydrogens is 574 g/mol. The Morgan fingerprint density at radius 1 is 0.930 bits per heavy atom. The van der Waals surface area contributed by atoms with Crippen molar-refractivity contribution in [3.63, 3.8) is 0 Å². The van der Waals surface area contributed by atoms with Gasteiger partial charge in [-0.05, 0) is 37.6 Å². The lowest BCUT2D eigenvalue weighted by atomic mass is 10.0. The number of sulfone groups is 1. The first kappa shape index (κ1) is 30.3. The number of ether oxygens (including phenoxy) is 4. The largest absolute Gasteiger partial charge is 0.494 e. The third-order valence-corrected chi connectivity index (χ3v) is 9.58. The second-order valence-corrected chi connectivity index (χ2v) is 12.6. The lowest BCUT2D eigenvalue weighted by Crippen LogP contribution is -2.56. The zero-order valence-corrected chi connectivity index (χ0v) is 25.8. The van der Waals surface area contributed by atoms with Gasteiger partial charge in [-0.2, -0.15) is 0 Å². The Hall–Kier alpha value is -4.14. The van der Waals surface area contributed by atoms with Crippen LogP contribution in [0.1, 0.15) is 30.2 Å². The van der Waals surface area contributed by atoms with Crippen molar-refractivity contribution in [2.75, 3.05) is 41.5 Å². The first-order valence-electron chi connectivity index (χ1n) is 13.6. The molecule has 13 nitrogen and oxygen atoms in total. The lowest BCUT2D eigenvalue weighted by molar-refractivity contribution is -0.0531. The van der Waals surface area contributed by atoms with E-state index >= 15 is 0 Å². The van der Waals surface area contributed by atoms with Crippen LogP contribution in [0.5, 0.6) is 17.4 Å². The summed E-state index contributed by atoms with van der Waals surface area (Å²) in [6, 6.07) is 9.91. The van der Waals surface area contributed by atoms with Crippen LogP contribution in [0.4, 0.5) is 0 Å². The standard InChI is InChI=1S/C29H35N7O6S/c1-18-13-30-28(31-14-18)26(35-15-20(16-35)39-3)19(2)43(37,38)17-24-33-34-29(21-9-7-12-25(32-21)42-6)36(24)27-22(40-4)10-8-11-23(27)41-5/h7-14,19-20,26H,15-17H2,1-6H3/t19-,26?/m1/s1. The zero-order chi connectivity index (χ0) is 30.7. The second kappa shape index (κ2) is 12.6. The van der Waals surface area contributed by atoms with E-state index in [1.54, 1.807) is 67.4 Å². The topological polar surface area (TPSA) is 144 Å². The fourth-order valence-corrected chi connectivity index (χ4v) is 6.59. The van der Waals surface area contributed by atoms with Gasteiger partial charge in [-0.15, -0.1) is 10.2 Å². The van der Waals surface area contributed by atoms with E-state index in [0.717, 1.165) is 5.56 Å². The molecule has 0 radical (unpaired) electrons. The molecule has 4 aromatic rings. The molecule has 0 aliphatic carbocycles. The summed E-state index contributed by atoms with van der Waals surface area (Å²) in [6.45, 7) is 4.70. The minimum absolute atomic E-state index is 0.0156. The summed E-state index contributed by atoms with van der Waals surface area (Å²) in [6.07, 6.45) is 3.41. The van der Waals surface area contributed by atoms with Crippen molar-refractivity contribution in [1.29, 1.82) is 0 Å². The number of likely N-dealkylation sites (tertiary alicyclic amines) is 1. The monoisotopic (exact) mass is 609 g/mol. The van der Waals surface area contributed by atoms with Gasteiger partial charge in [-0.3, -0.25) is 9.47 Å². The Bertz CT molecular complexity index is 1650. The Morgan fingerprint density at radius 2 is 1.58 bits per heavy atom. The van der Waals surface area contributed by atoms with Gasteiger partial charge in [-0.25, -0.2) is 23.4 Å². The van der Waals surface area contributed by atoms with E-state index in [-0.39, 0.29) is 11.9 Å². The fraction of sp³-hybridized carbons (Fsp3) is 0.414. The van der Waals surface area contributed by atoms with Gasteiger partial charge in [0.2, 0.25) is 5.88 Å². The van der Waals surface area contributed by atoms with E-state index in [9.17, 15) is 8.42 Å². The summed E-state index contributed by atoms with van der Waals surface area (Å²) in [5.74, 6) is 1.70. The summed E-state index contributed by atoms with van der Waals surface area (Å²) >= 11 is 0. The van der Waals surface area contributed by atoms with Crippen molar-refractivity contribution in [1.82, 2.24) is 34.6 Å². The highest BCUT2D eigenvalue weighted by Crippen LogP contribution is 2.38. The summed E-state index contributed by atoms with van der Waals surface area (Å²) in [7, 11) is 2.33. The average molecular weight is 610 g/mol. The van der Waals surface area contributed by atoms with Crippen LogP contribution < -0.4 is 14.2 Å². The third kappa shape index (κ3) is 6.03. The molecule has 5 rings (SSSR count). The maximum Gasteiger partial charge on any atom is 0.213 e. The van der Waals surface area contributed by atoms with Gasteiger partial charge in [0.1, 0.15) is 34.5 Å². The SMILES string of the molecule is COc1cccc(-c2nnc(CS(=O)(=O)[C@H](C)C(c3ncc(C)cn3)N3CC(OC)C3)n2-c2c(OC)cccc2OC)n1. The van der Waals surface area contributed by atoms with E-state index < -0.39 is 26.9 Å². The summed E-state index contributed by atoms with van der Waals surface area (Å²) in [4.78, 5) is 15.6. The molecular formula is C29H35N7O6S. The summed E-state index contributed by atoms with van der Waals surface area (Å²) in [5, 5.41) is 7.87. The van der Waals surface area contributed by atoms with Gasteiger partial charge in [0.15, 0.2) is 21.5 Å². The van der Waals surface area contributed by atoms with Gasteiger partial charge in [0, 0.05) is 38.7 Å². The van der Waals surface area contributed by atoms with Crippen molar-refractivity contribution in [2.45, 2.75) is 37.0 Å². The number of aromatic nitrogens is 6. The molecule has 1 saturated heterocycles. The van der Waals surface area contributed by atoms with E-state index in [0.29, 0.717) is 53.5 Å². The van der Waals surface area contributed by atoms with Crippen molar-refractivity contribution in [2.24, 2.45) is 0 Å². The van der Waals surface area contributed by atoms with Gasteiger partial charge in [0.25, 0.3) is 0 Å². The van der Waals surface area contributed by atoms with Crippen LogP contribution in [0.25, 0.3) is 17.2 Å². The molecule has 1 fully saturated rings. The average Bonchev–Trinajstić information content (AvgIpc) is 3.40. The minimum atomic E-state index is -3.88. The number of para-hydroxylation sites is 1. The molecule has 0 spiro atoms. The van der Waals surface area contributed by atoms with Crippen LogP contribution in [0.15, 0.2) is 48.8 Å². The molecule has 14 heteroatoms. The molecule has 1 aliphatic heterocycles. The highest BCUT2D eigenvalue weighted by atomic mass is 32.2. The Balaban J connectivity index is 1.60. The maximum atomic E-state index is 14.2. The van der Waals surface area contributed by atoms with Crippen LogP contribution in [0, 0.1) is 6.92 Å². The molecule has 43 heavy (non-hydrogen) atoms. The number of pyridine rings is 1. The van der Waals surface area contributed by atoms with Crippen LogP contribution in [0.2, 0.25) is 0 Å². The van der Waals surface area contributed by atoms with Gasteiger partial charge in [0.05, 0.1) is 38.7 Å². The van der Waals surface area contributed by atoms with Gasteiger partial charge >= 0.3 is 0 Å². The molecule has 1 unspecified atom stereocenters. The number of hydrogen-bond acceptors (Lipinski definition) is 12. The van der Waals surface area contributed by atoms with Crippen molar-refractivity contribution in [3.05, 3.63) is 66.0 Å². The highest BCUT2D eigenvalue weighted by Gasteiger charge is 2.43. The van der Waals surface area contributed by atoms with Gasteiger partial charge < -0.3 is 18.9 Å². The smallest absolute Gasteiger partial charge is 0.213 e. The number of aryl methyl sites for hydroxylation is 1. The molecule has 2 atom stereocenters. The molecule has 0 bridgehead atoms. The van der Waals surface area contributed by atoms with Crippen LogP contribution >= 0.6 is 0 Å². The first-order valence-corrected chi connectivity index (χ1v) is 15.4. The second-order valence-electron chi connectivity index (χ2n) is 10.2.